The van der Waals surface area contributed by atoms with Crippen molar-refractivity contribution in [2.75, 3.05) is 24.7 Å². The van der Waals surface area contributed by atoms with E-state index in [1.165, 1.54) is 66.1 Å². The van der Waals surface area contributed by atoms with Crippen molar-refractivity contribution in [2.24, 2.45) is 0 Å². The molecule has 4 heteroatoms. The van der Waals surface area contributed by atoms with Gasteiger partial charge in [0.1, 0.15) is 0 Å². The smallest absolute Gasteiger partial charge is 0.0491 e. The molecule has 4 nitrogen and oxygen atoms in total. The van der Waals surface area contributed by atoms with Crippen LogP contribution in [0.3, 0.4) is 0 Å². The Labute approximate surface area is 368 Å². The summed E-state index contributed by atoms with van der Waals surface area (Å²) in [4.78, 5) is 0. The average Bonchev–Trinajstić information content (AvgIpc) is 3.86. The third kappa shape index (κ3) is 16.3. The second kappa shape index (κ2) is 35.5. The van der Waals surface area contributed by atoms with Gasteiger partial charge >= 0.3 is 0 Å². The van der Waals surface area contributed by atoms with E-state index in [2.05, 4.69) is 169 Å². The number of aromatic nitrogens is 2. The van der Waals surface area contributed by atoms with Crippen molar-refractivity contribution < 1.29 is 0 Å². The van der Waals surface area contributed by atoms with Crippen LogP contribution in [0.1, 0.15) is 108 Å². The molecule has 8 rings (SSSR count). The summed E-state index contributed by atoms with van der Waals surface area (Å²) in [6.07, 6.45) is 0. The molecule has 0 aliphatic rings. The largest absolute Gasteiger partial charge is 0.388 e. The van der Waals surface area contributed by atoms with E-state index in [1.54, 1.807) is 0 Å². The number of nitrogens with one attached hydrogen (secondary N) is 2. The van der Waals surface area contributed by atoms with Crippen molar-refractivity contribution in [1.29, 1.82) is 0 Å². The summed E-state index contributed by atoms with van der Waals surface area (Å²) < 4.78 is 4.73. The van der Waals surface area contributed by atoms with Crippen molar-refractivity contribution in [3.05, 3.63) is 157 Å². The number of nitrogens with zero attached hydrogens (tertiary/aromatic N) is 2. The standard InChI is InChI=1S/2C14H13N.2C8H11N.6C2H6/c2*1-2-15-13-9-5-3-7-11(13)12-8-4-6-10-14(12)15;2*1-7-5-3-4-6-8(7)9-2;6*1-2/h2*3-10H,2H2,1H3;2*3-6,9H,1-2H3;6*1-2H3. The van der Waals surface area contributed by atoms with Gasteiger partial charge in [-0.05, 0) is 75.2 Å². The van der Waals surface area contributed by atoms with Crippen LogP contribution >= 0.6 is 0 Å². The van der Waals surface area contributed by atoms with E-state index in [0.29, 0.717) is 0 Å². The van der Waals surface area contributed by atoms with E-state index < -0.39 is 0 Å². The van der Waals surface area contributed by atoms with Gasteiger partial charge < -0.3 is 19.8 Å². The van der Waals surface area contributed by atoms with E-state index in [9.17, 15) is 0 Å². The first kappa shape index (κ1) is 56.6. The highest BCUT2D eigenvalue weighted by Gasteiger charge is 2.08. The van der Waals surface area contributed by atoms with Crippen molar-refractivity contribution in [3.8, 4) is 0 Å². The number of para-hydroxylation sites is 6. The highest BCUT2D eigenvalue weighted by atomic mass is 15.0. The second-order valence-corrected chi connectivity index (χ2v) is 11.7. The summed E-state index contributed by atoms with van der Waals surface area (Å²) >= 11 is 0. The Morgan fingerprint density at radius 1 is 0.317 bits per heavy atom. The average molecular weight is 813 g/mol. The summed E-state index contributed by atoms with van der Waals surface area (Å²) in [5.41, 5.74) is 10.3. The SMILES string of the molecule is CC.CC.CC.CC.CC.CC.CCn1c2ccccc2c2ccccc21.CCn1c2ccccc2c2ccccc21.CNc1ccccc1C.CNc1ccccc1C. The quantitative estimate of drug-likeness (QED) is 0.186. The minimum Gasteiger partial charge on any atom is -0.388 e. The third-order valence-corrected chi connectivity index (χ3v) is 8.82. The number of hydrogen-bond donors (Lipinski definition) is 2. The van der Waals surface area contributed by atoms with E-state index in [0.717, 1.165) is 13.1 Å². The summed E-state index contributed by atoms with van der Waals surface area (Å²) in [6, 6.07) is 50.8. The van der Waals surface area contributed by atoms with E-state index >= 15 is 0 Å². The Balaban J connectivity index is 0. The molecule has 6 aromatic carbocycles. The van der Waals surface area contributed by atoms with Crippen LogP contribution in [0.2, 0.25) is 0 Å². The summed E-state index contributed by atoms with van der Waals surface area (Å²) in [5.74, 6) is 0. The number of aryl methyl sites for hydroxylation is 4. The van der Waals surface area contributed by atoms with Crippen molar-refractivity contribution in [2.45, 2.75) is 124 Å². The Morgan fingerprint density at radius 3 is 0.700 bits per heavy atom. The van der Waals surface area contributed by atoms with Crippen molar-refractivity contribution in [3.63, 3.8) is 0 Å². The Morgan fingerprint density at radius 2 is 0.517 bits per heavy atom. The van der Waals surface area contributed by atoms with E-state index in [4.69, 9.17) is 0 Å². The molecule has 0 amide bonds. The molecular formula is C56H84N4. The molecule has 60 heavy (non-hydrogen) atoms. The molecule has 2 heterocycles. The Bertz CT molecular complexity index is 1950. The maximum atomic E-state index is 3.10. The molecule has 0 fully saturated rings. The zero-order chi connectivity index (χ0) is 45.9. The van der Waals surface area contributed by atoms with E-state index in [1.807, 2.05) is 121 Å². The fraction of sp³-hybridized carbons (Fsp3) is 0.357. The molecule has 2 N–H and O–H groups in total. The topological polar surface area (TPSA) is 33.9 Å². The van der Waals surface area contributed by atoms with Gasteiger partial charge in [0, 0.05) is 82.2 Å². The number of hydrogen-bond acceptors (Lipinski definition) is 2. The molecule has 0 bridgehead atoms. The lowest BCUT2D eigenvalue weighted by molar-refractivity contribution is 0.827. The molecule has 0 spiro atoms. The van der Waals surface area contributed by atoms with Gasteiger partial charge in [-0.3, -0.25) is 0 Å². The van der Waals surface area contributed by atoms with E-state index in [-0.39, 0.29) is 0 Å². The van der Waals surface area contributed by atoms with Gasteiger partial charge in [0.2, 0.25) is 0 Å². The lowest BCUT2D eigenvalue weighted by Gasteiger charge is -2.01. The molecule has 0 atom stereocenters. The van der Waals surface area contributed by atoms with Crippen LogP contribution in [0.15, 0.2) is 146 Å². The molecule has 0 unspecified atom stereocenters. The summed E-state index contributed by atoms with van der Waals surface area (Å²) in [7, 11) is 3.87. The van der Waals surface area contributed by atoms with Gasteiger partial charge in [-0.1, -0.05) is 192 Å². The van der Waals surface area contributed by atoms with Gasteiger partial charge in [0.05, 0.1) is 0 Å². The molecule has 8 aromatic rings. The summed E-state index contributed by atoms with van der Waals surface area (Å²) in [6.45, 7) is 34.6. The normalized spacial score (nSPS) is 8.97. The highest BCUT2D eigenvalue weighted by molar-refractivity contribution is 6.08. The molecule has 0 aliphatic heterocycles. The lowest BCUT2D eigenvalue weighted by Crippen LogP contribution is -1.91. The van der Waals surface area contributed by atoms with Crippen LogP contribution in [0.25, 0.3) is 43.6 Å². The number of anilines is 2. The first-order chi connectivity index (χ1) is 29.5. The molecule has 0 radical (unpaired) electrons. The molecule has 0 aliphatic carbocycles. The predicted molar refractivity (Wildman–Crippen MR) is 280 cm³/mol. The Kier molecular flexibility index (Phi) is 33.5. The summed E-state index contributed by atoms with van der Waals surface area (Å²) in [5, 5.41) is 11.6. The first-order valence-electron chi connectivity index (χ1n) is 22.9. The van der Waals surface area contributed by atoms with Gasteiger partial charge in [0.15, 0.2) is 0 Å². The van der Waals surface area contributed by atoms with Crippen molar-refractivity contribution >= 4 is 55.0 Å². The van der Waals surface area contributed by atoms with Crippen LogP contribution in [0.4, 0.5) is 11.4 Å². The molecule has 328 valence electrons. The lowest BCUT2D eigenvalue weighted by atomic mass is 10.2. The fourth-order valence-corrected chi connectivity index (χ4v) is 6.39. The number of benzene rings is 6. The van der Waals surface area contributed by atoms with Crippen LogP contribution in [-0.2, 0) is 13.1 Å². The van der Waals surface area contributed by atoms with Crippen LogP contribution in [-0.4, -0.2) is 23.2 Å². The maximum Gasteiger partial charge on any atom is 0.0491 e. The van der Waals surface area contributed by atoms with Crippen LogP contribution in [0, 0.1) is 13.8 Å². The zero-order valence-corrected chi connectivity index (χ0v) is 41.2. The van der Waals surface area contributed by atoms with Gasteiger partial charge in [0.25, 0.3) is 0 Å². The van der Waals surface area contributed by atoms with Crippen LogP contribution in [0.5, 0.6) is 0 Å². The molecule has 0 saturated heterocycles. The monoisotopic (exact) mass is 813 g/mol. The van der Waals surface area contributed by atoms with Gasteiger partial charge in [-0.15, -0.1) is 0 Å². The second-order valence-electron chi connectivity index (χ2n) is 11.7. The van der Waals surface area contributed by atoms with Crippen LogP contribution < -0.4 is 10.6 Å². The number of fused-ring (bicyclic) bond motifs is 6. The number of rotatable bonds is 4. The minimum absolute atomic E-state index is 1.02. The highest BCUT2D eigenvalue weighted by Crippen LogP contribution is 2.29. The third-order valence-electron chi connectivity index (χ3n) is 8.82. The zero-order valence-electron chi connectivity index (χ0n) is 41.2. The first-order valence-corrected chi connectivity index (χ1v) is 22.9. The van der Waals surface area contributed by atoms with Crippen molar-refractivity contribution in [1.82, 2.24) is 9.13 Å². The van der Waals surface area contributed by atoms with Gasteiger partial charge in [-0.2, -0.15) is 0 Å². The van der Waals surface area contributed by atoms with Gasteiger partial charge in [-0.25, -0.2) is 0 Å². The maximum absolute atomic E-state index is 3.10. The Hall–Kier alpha value is -5.48. The minimum atomic E-state index is 1.02. The molecule has 2 aromatic heterocycles. The predicted octanol–water partition coefficient (Wildman–Crippen LogP) is 17.9. The molecule has 0 saturated carbocycles. The fourth-order valence-electron chi connectivity index (χ4n) is 6.39. The molecular weight excluding hydrogens is 729 g/mol.